The van der Waals surface area contributed by atoms with E-state index in [1.807, 2.05) is 30.5 Å². The predicted molar refractivity (Wildman–Crippen MR) is 119 cm³/mol. The number of carboxylic acid groups (broad SMARTS) is 1. The SMILES string of the molecule is O=C(O)C(=O)c1cn(C2C[C@H]3CC[C@@H](C2)N3C2C[C@H]3CCC[C@@H](C2)C3)c2ccccc12. The fraction of sp³-hybridized carbons (Fsp3) is 0.615. The molecule has 1 aromatic carbocycles. The lowest BCUT2D eigenvalue weighted by Crippen LogP contribution is -2.52. The predicted octanol–water partition coefficient (Wildman–Crippen LogP) is 5.05. The van der Waals surface area contributed by atoms with Gasteiger partial charge in [0.2, 0.25) is 0 Å². The minimum Gasteiger partial charge on any atom is -0.475 e. The molecule has 2 unspecified atom stereocenters. The summed E-state index contributed by atoms with van der Waals surface area (Å²) in [4.78, 5) is 26.6. The zero-order valence-electron chi connectivity index (χ0n) is 18.1. The van der Waals surface area contributed by atoms with Crippen LogP contribution in [0.15, 0.2) is 30.5 Å². The van der Waals surface area contributed by atoms with Crippen molar-refractivity contribution in [3.63, 3.8) is 0 Å². The van der Waals surface area contributed by atoms with Crippen molar-refractivity contribution in [2.75, 3.05) is 0 Å². The summed E-state index contributed by atoms with van der Waals surface area (Å²) in [5.74, 6) is -0.273. The van der Waals surface area contributed by atoms with E-state index in [1.54, 1.807) is 0 Å². The van der Waals surface area contributed by atoms with Crippen LogP contribution in [-0.2, 0) is 4.79 Å². The zero-order valence-corrected chi connectivity index (χ0v) is 18.1. The Kier molecular flexibility index (Phi) is 4.71. The van der Waals surface area contributed by atoms with Crippen LogP contribution in [0.4, 0.5) is 0 Å². The molecule has 5 heteroatoms. The quantitative estimate of drug-likeness (QED) is 0.556. The molecule has 2 aliphatic carbocycles. The van der Waals surface area contributed by atoms with Gasteiger partial charge in [0, 0.05) is 41.3 Å². The van der Waals surface area contributed by atoms with Crippen molar-refractivity contribution >= 4 is 22.7 Å². The van der Waals surface area contributed by atoms with E-state index in [2.05, 4.69) is 9.47 Å². The van der Waals surface area contributed by atoms with Gasteiger partial charge in [-0.1, -0.05) is 37.5 Å². The smallest absolute Gasteiger partial charge is 0.377 e. The number of carbonyl (C=O) groups excluding carboxylic acids is 1. The maximum absolute atomic E-state index is 12.3. The number of piperidine rings is 1. The lowest BCUT2D eigenvalue weighted by Gasteiger charge is -2.49. The van der Waals surface area contributed by atoms with Crippen LogP contribution in [-0.4, -0.2) is 44.5 Å². The van der Waals surface area contributed by atoms with Gasteiger partial charge >= 0.3 is 5.97 Å². The number of Topliss-reactive ketones (excluding diaryl/α,β-unsaturated/α-hetero) is 1. The Hall–Kier alpha value is -2.14. The Balaban J connectivity index is 1.28. The van der Waals surface area contributed by atoms with Gasteiger partial charge in [-0.05, 0) is 62.8 Å². The molecule has 0 amide bonds. The van der Waals surface area contributed by atoms with E-state index in [0.29, 0.717) is 23.7 Å². The van der Waals surface area contributed by atoms with Gasteiger partial charge in [-0.2, -0.15) is 0 Å². The molecule has 2 saturated heterocycles. The Morgan fingerprint density at radius 1 is 0.806 bits per heavy atom. The van der Waals surface area contributed by atoms with Gasteiger partial charge in [0.05, 0.1) is 5.56 Å². The van der Waals surface area contributed by atoms with Crippen LogP contribution in [0.3, 0.4) is 0 Å². The van der Waals surface area contributed by atoms with E-state index in [9.17, 15) is 14.7 Å². The topological polar surface area (TPSA) is 62.5 Å². The van der Waals surface area contributed by atoms with Crippen molar-refractivity contribution in [1.82, 2.24) is 9.47 Å². The molecule has 31 heavy (non-hydrogen) atoms. The number of aliphatic carboxylic acids is 1. The molecule has 4 bridgehead atoms. The molecule has 6 atom stereocenters. The highest BCUT2D eigenvalue weighted by molar-refractivity contribution is 6.42. The molecule has 2 saturated carbocycles. The maximum atomic E-state index is 12.3. The number of fused-ring (bicyclic) bond motifs is 5. The average molecular weight is 421 g/mol. The van der Waals surface area contributed by atoms with Crippen LogP contribution in [0.2, 0.25) is 0 Å². The Morgan fingerprint density at radius 2 is 1.48 bits per heavy atom. The van der Waals surface area contributed by atoms with Crippen LogP contribution in [0.1, 0.15) is 80.6 Å². The van der Waals surface area contributed by atoms with E-state index in [1.165, 1.54) is 51.4 Å². The molecule has 4 aliphatic rings. The summed E-state index contributed by atoms with van der Waals surface area (Å²) in [6.45, 7) is 0. The van der Waals surface area contributed by atoms with Crippen LogP contribution < -0.4 is 0 Å². The summed E-state index contributed by atoms with van der Waals surface area (Å²) in [5, 5.41) is 10.1. The summed E-state index contributed by atoms with van der Waals surface area (Å²) in [7, 11) is 0. The van der Waals surface area contributed by atoms with Crippen molar-refractivity contribution < 1.29 is 14.7 Å². The van der Waals surface area contributed by atoms with E-state index in [-0.39, 0.29) is 0 Å². The minimum absolute atomic E-state index is 0.331. The first-order chi connectivity index (χ1) is 15.1. The molecule has 1 aromatic heterocycles. The van der Waals surface area contributed by atoms with Crippen molar-refractivity contribution in [1.29, 1.82) is 0 Å². The van der Waals surface area contributed by atoms with Gasteiger partial charge in [-0.3, -0.25) is 9.69 Å². The van der Waals surface area contributed by atoms with E-state index >= 15 is 0 Å². The van der Waals surface area contributed by atoms with Crippen LogP contribution >= 0.6 is 0 Å². The number of benzene rings is 1. The largest absolute Gasteiger partial charge is 0.475 e. The summed E-state index contributed by atoms with van der Waals surface area (Å²) in [6, 6.07) is 10.2. The van der Waals surface area contributed by atoms with Crippen molar-refractivity contribution in [3.05, 3.63) is 36.0 Å². The molecule has 5 nitrogen and oxygen atoms in total. The van der Waals surface area contributed by atoms with E-state index in [4.69, 9.17) is 0 Å². The minimum atomic E-state index is -1.37. The van der Waals surface area contributed by atoms with Gasteiger partial charge in [0.1, 0.15) is 0 Å². The number of hydrogen-bond donors (Lipinski definition) is 1. The van der Waals surface area contributed by atoms with Gasteiger partial charge in [-0.15, -0.1) is 0 Å². The molecule has 0 spiro atoms. The number of para-hydroxylation sites is 1. The fourth-order valence-electron chi connectivity index (χ4n) is 7.75. The Morgan fingerprint density at radius 3 is 2.16 bits per heavy atom. The monoisotopic (exact) mass is 420 g/mol. The number of hydrogen-bond acceptors (Lipinski definition) is 3. The van der Waals surface area contributed by atoms with Crippen molar-refractivity contribution in [3.8, 4) is 0 Å². The molecular formula is C26H32N2O3. The third-order valence-electron chi connectivity index (χ3n) is 8.86. The average Bonchev–Trinajstić information content (AvgIpc) is 3.28. The molecule has 0 radical (unpaired) electrons. The van der Waals surface area contributed by atoms with Gasteiger partial charge in [0.25, 0.3) is 5.78 Å². The van der Waals surface area contributed by atoms with Crippen LogP contribution in [0, 0.1) is 11.8 Å². The van der Waals surface area contributed by atoms with Crippen molar-refractivity contribution in [2.45, 2.75) is 88.4 Å². The van der Waals surface area contributed by atoms with Crippen LogP contribution in [0.5, 0.6) is 0 Å². The first-order valence-electron chi connectivity index (χ1n) is 12.2. The Bertz CT molecular complexity index is 1000. The van der Waals surface area contributed by atoms with Crippen LogP contribution in [0.25, 0.3) is 10.9 Å². The first kappa shape index (κ1) is 19.5. The highest BCUT2D eigenvalue weighted by atomic mass is 16.4. The molecule has 6 rings (SSSR count). The van der Waals surface area contributed by atoms with Gasteiger partial charge in [-0.25, -0.2) is 4.79 Å². The van der Waals surface area contributed by atoms with Crippen molar-refractivity contribution in [2.24, 2.45) is 11.8 Å². The molecule has 2 aliphatic heterocycles. The molecule has 3 heterocycles. The third-order valence-corrected chi connectivity index (χ3v) is 8.86. The number of rotatable bonds is 4. The summed E-state index contributed by atoms with van der Waals surface area (Å²) >= 11 is 0. The second-order valence-electron chi connectivity index (χ2n) is 10.6. The number of carbonyl (C=O) groups is 2. The van der Waals surface area contributed by atoms with E-state index < -0.39 is 11.8 Å². The lowest BCUT2D eigenvalue weighted by molar-refractivity contribution is -0.131. The summed E-state index contributed by atoms with van der Waals surface area (Å²) < 4.78 is 2.23. The number of carboxylic acids is 1. The molecule has 1 N–H and O–H groups in total. The molecular weight excluding hydrogens is 388 g/mol. The van der Waals surface area contributed by atoms with E-state index in [0.717, 1.165) is 41.6 Å². The second kappa shape index (κ2) is 7.47. The Labute approximate surface area is 183 Å². The maximum Gasteiger partial charge on any atom is 0.377 e. The standard InChI is InChI=1S/C26H32N2O3/c29-25(26(30)31)23-15-27(24-7-2-1-6-22(23)24)20-13-18-8-9-19(14-20)28(18)21-11-16-4-3-5-17(10-16)12-21/h1-2,6-7,15-21H,3-5,8-14H2,(H,30,31)/t16-,17+,18-,19+,20?,21?. The highest BCUT2D eigenvalue weighted by Crippen LogP contribution is 2.48. The fourth-order valence-corrected chi connectivity index (χ4v) is 7.75. The molecule has 4 fully saturated rings. The summed E-state index contributed by atoms with van der Waals surface area (Å²) in [5.41, 5.74) is 1.33. The summed E-state index contributed by atoms with van der Waals surface area (Å²) in [6.07, 6.45) is 15.2. The highest BCUT2D eigenvalue weighted by Gasteiger charge is 2.47. The third kappa shape index (κ3) is 3.24. The number of aromatic nitrogens is 1. The molecule has 164 valence electrons. The second-order valence-corrected chi connectivity index (χ2v) is 10.6. The number of ketones is 1. The normalized spacial score (nSPS) is 35.4. The zero-order chi connectivity index (χ0) is 21.1. The first-order valence-corrected chi connectivity index (χ1v) is 12.2. The number of nitrogens with zero attached hydrogens (tertiary/aromatic N) is 2. The van der Waals surface area contributed by atoms with Gasteiger partial charge < -0.3 is 9.67 Å². The van der Waals surface area contributed by atoms with Gasteiger partial charge in [0.15, 0.2) is 0 Å². The molecule has 2 aromatic rings. The lowest BCUT2D eigenvalue weighted by atomic mass is 9.69.